The van der Waals surface area contributed by atoms with Crippen molar-refractivity contribution in [1.82, 2.24) is 0 Å². The van der Waals surface area contributed by atoms with Crippen molar-refractivity contribution in [2.75, 3.05) is 11.9 Å². The monoisotopic (exact) mass is 291 g/mol. The number of benzene rings is 1. The van der Waals surface area contributed by atoms with E-state index in [0.29, 0.717) is 12.2 Å². The van der Waals surface area contributed by atoms with Crippen LogP contribution >= 0.6 is 0 Å². The number of nitrogens with zero attached hydrogens (tertiary/aromatic N) is 2. The highest BCUT2D eigenvalue weighted by Gasteiger charge is 2.19. The fraction of sp³-hybridized carbons (Fsp3) is 0.429. The second-order valence-corrected chi connectivity index (χ2v) is 5.00. The first-order chi connectivity index (χ1) is 10.1. The van der Waals surface area contributed by atoms with Crippen LogP contribution in [0.2, 0.25) is 0 Å². The molecule has 0 fully saturated rings. The molecular weight excluding hydrogens is 274 g/mol. The van der Waals surface area contributed by atoms with E-state index in [1.165, 1.54) is 30.5 Å². The lowest BCUT2D eigenvalue weighted by atomic mass is 9.97. The van der Waals surface area contributed by atoms with Gasteiger partial charge in [0.25, 0.3) is 11.4 Å². The maximum Gasteiger partial charge on any atom is 0.299 e. The predicted molar refractivity (Wildman–Crippen MR) is 79.4 cm³/mol. The standard InChI is InChI=1S/C14H17N3O4/c18-16(19)12-6-7-13(14(10-12)17(20)21)15-9-8-11-4-2-1-3-5-11/h4,6-7,10,15H,1-3,5,8-9H2. The van der Waals surface area contributed by atoms with Crippen molar-refractivity contribution in [1.29, 1.82) is 0 Å². The summed E-state index contributed by atoms with van der Waals surface area (Å²) in [4.78, 5) is 20.4. The van der Waals surface area contributed by atoms with Crippen LogP contribution in [0.15, 0.2) is 29.8 Å². The fourth-order valence-electron chi connectivity index (χ4n) is 2.42. The average molecular weight is 291 g/mol. The SMILES string of the molecule is O=[N+]([O-])c1ccc(NCCC2=CCCCC2)c([N+](=O)[O-])c1. The maximum atomic E-state index is 11.0. The van der Waals surface area contributed by atoms with Crippen LogP contribution in [-0.2, 0) is 0 Å². The van der Waals surface area contributed by atoms with E-state index in [0.717, 1.165) is 25.3 Å². The van der Waals surface area contributed by atoms with Gasteiger partial charge in [-0.2, -0.15) is 0 Å². The van der Waals surface area contributed by atoms with Crippen LogP contribution in [-0.4, -0.2) is 16.4 Å². The van der Waals surface area contributed by atoms with E-state index < -0.39 is 9.85 Å². The molecule has 1 N–H and O–H groups in total. The Morgan fingerprint density at radius 3 is 2.57 bits per heavy atom. The number of nitro benzene ring substituents is 2. The number of allylic oxidation sites excluding steroid dienone is 1. The number of non-ortho nitro benzene ring substituents is 1. The van der Waals surface area contributed by atoms with Crippen LogP contribution in [0.4, 0.5) is 17.1 Å². The molecule has 1 aromatic carbocycles. The normalized spacial score (nSPS) is 14.4. The summed E-state index contributed by atoms with van der Waals surface area (Å²) in [5.41, 5.74) is 1.16. The molecule has 21 heavy (non-hydrogen) atoms. The summed E-state index contributed by atoms with van der Waals surface area (Å²) in [5.74, 6) is 0. The largest absolute Gasteiger partial charge is 0.379 e. The van der Waals surface area contributed by atoms with Crippen LogP contribution in [0.3, 0.4) is 0 Å². The van der Waals surface area contributed by atoms with E-state index in [1.54, 1.807) is 0 Å². The summed E-state index contributed by atoms with van der Waals surface area (Å²) in [5, 5.41) is 24.7. The Kier molecular flexibility index (Phi) is 4.86. The molecule has 2 rings (SSSR count). The molecule has 0 spiro atoms. The van der Waals surface area contributed by atoms with E-state index in [1.807, 2.05) is 0 Å². The Morgan fingerprint density at radius 2 is 1.95 bits per heavy atom. The summed E-state index contributed by atoms with van der Waals surface area (Å²) in [7, 11) is 0. The highest BCUT2D eigenvalue weighted by Crippen LogP contribution is 2.29. The van der Waals surface area contributed by atoms with Crippen molar-refractivity contribution in [3.8, 4) is 0 Å². The number of nitrogens with one attached hydrogen (secondary N) is 1. The van der Waals surface area contributed by atoms with Crippen LogP contribution in [0, 0.1) is 20.2 Å². The van der Waals surface area contributed by atoms with Gasteiger partial charge in [0.1, 0.15) is 5.69 Å². The van der Waals surface area contributed by atoms with Gasteiger partial charge >= 0.3 is 0 Å². The molecule has 0 unspecified atom stereocenters. The third-order valence-electron chi connectivity index (χ3n) is 3.54. The van der Waals surface area contributed by atoms with Crippen molar-refractivity contribution in [2.45, 2.75) is 32.1 Å². The Labute approximate surface area is 122 Å². The molecule has 1 aromatic rings. The molecule has 1 aliphatic rings. The summed E-state index contributed by atoms with van der Waals surface area (Å²) in [6.07, 6.45) is 7.69. The molecule has 7 heteroatoms. The van der Waals surface area contributed by atoms with Crippen molar-refractivity contribution in [3.05, 3.63) is 50.1 Å². The zero-order valence-corrected chi connectivity index (χ0v) is 11.6. The molecule has 0 atom stereocenters. The zero-order valence-electron chi connectivity index (χ0n) is 11.6. The van der Waals surface area contributed by atoms with Gasteiger partial charge < -0.3 is 5.32 Å². The molecule has 0 aromatic heterocycles. The van der Waals surface area contributed by atoms with Gasteiger partial charge in [0, 0.05) is 12.6 Å². The molecule has 0 radical (unpaired) electrons. The molecule has 0 saturated carbocycles. The van der Waals surface area contributed by atoms with E-state index in [-0.39, 0.29) is 11.4 Å². The Morgan fingerprint density at radius 1 is 1.14 bits per heavy atom. The number of anilines is 1. The first-order valence-corrected chi connectivity index (χ1v) is 6.92. The number of rotatable bonds is 6. The smallest absolute Gasteiger partial charge is 0.299 e. The number of hydrogen-bond donors (Lipinski definition) is 1. The predicted octanol–water partition coefficient (Wildman–Crippen LogP) is 3.81. The maximum absolute atomic E-state index is 11.0. The first-order valence-electron chi connectivity index (χ1n) is 6.92. The molecule has 0 amide bonds. The Bertz CT molecular complexity index is 584. The third kappa shape index (κ3) is 4.01. The van der Waals surface area contributed by atoms with Gasteiger partial charge in [0.15, 0.2) is 0 Å². The molecule has 0 bridgehead atoms. The van der Waals surface area contributed by atoms with E-state index in [2.05, 4.69) is 11.4 Å². The van der Waals surface area contributed by atoms with Crippen LogP contribution < -0.4 is 5.32 Å². The quantitative estimate of drug-likeness (QED) is 0.488. The van der Waals surface area contributed by atoms with E-state index >= 15 is 0 Å². The second kappa shape index (κ2) is 6.83. The Hall–Kier alpha value is -2.44. The molecule has 0 aliphatic heterocycles. The lowest BCUT2D eigenvalue weighted by Gasteiger charge is -2.13. The summed E-state index contributed by atoms with van der Waals surface area (Å²) in [6, 6.07) is 3.66. The minimum Gasteiger partial charge on any atom is -0.379 e. The fourth-order valence-corrected chi connectivity index (χ4v) is 2.42. The zero-order chi connectivity index (χ0) is 15.2. The summed E-state index contributed by atoms with van der Waals surface area (Å²) >= 11 is 0. The molecule has 112 valence electrons. The van der Waals surface area contributed by atoms with Gasteiger partial charge in [-0.25, -0.2) is 0 Å². The molecule has 0 heterocycles. The van der Waals surface area contributed by atoms with Crippen LogP contribution in [0.5, 0.6) is 0 Å². The third-order valence-corrected chi connectivity index (χ3v) is 3.54. The van der Waals surface area contributed by atoms with Gasteiger partial charge in [-0.3, -0.25) is 20.2 Å². The highest BCUT2D eigenvalue weighted by molar-refractivity contribution is 5.65. The highest BCUT2D eigenvalue weighted by atomic mass is 16.6. The summed E-state index contributed by atoms with van der Waals surface area (Å²) < 4.78 is 0. The topological polar surface area (TPSA) is 98.3 Å². The van der Waals surface area contributed by atoms with Gasteiger partial charge in [-0.1, -0.05) is 11.6 Å². The van der Waals surface area contributed by atoms with Crippen LogP contribution in [0.1, 0.15) is 32.1 Å². The van der Waals surface area contributed by atoms with Gasteiger partial charge in [0.2, 0.25) is 0 Å². The van der Waals surface area contributed by atoms with Crippen molar-refractivity contribution < 1.29 is 9.85 Å². The molecular formula is C14H17N3O4. The lowest BCUT2D eigenvalue weighted by Crippen LogP contribution is -2.06. The first kappa shape index (κ1) is 15.0. The Balaban J connectivity index is 2.03. The minimum atomic E-state index is -0.635. The second-order valence-electron chi connectivity index (χ2n) is 5.00. The van der Waals surface area contributed by atoms with E-state index in [9.17, 15) is 20.2 Å². The van der Waals surface area contributed by atoms with Crippen molar-refractivity contribution in [3.63, 3.8) is 0 Å². The lowest BCUT2D eigenvalue weighted by molar-refractivity contribution is -0.393. The molecule has 7 nitrogen and oxygen atoms in total. The number of hydrogen-bond acceptors (Lipinski definition) is 5. The molecule has 1 aliphatic carbocycles. The van der Waals surface area contributed by atoms with Gasteiger partial charge in [-0.05, 0) is 38.2 Å². The van der Waals surface area contributed by atoms with Crippen molar-refractivity contribution >= 4 is 17.1 Å². The molecule has 0 saturated heterocycles. The van der Waals surface area contributed by atoms with E-state index in [4.69, 9.17) is 0 Å². The van der Waals surface area contributed by atoms with Crippen molar-refractivity contribution in [2.24, 2.45) is 0 Å². The number of nitro groups is 2. The average Bonchev–Trinajstić information content (AvgIpc) is 2.48. The van der Waals surface area contributed by atoms with Gasteiger partial charge in [-0.15, -0.1) is 0 Å². The summed E-state index contributed by atoms with van der Waals surface area (Å²) in [6.45, 7) is 0.588. The van der Waals surface area contributed by atoms with Crippen LogP contribution in [0.25, 0.3) is 0 Å². The van der Waals surface area contributed by atoms with Gasteiger partial charge in [0.05, 0.1) is 15.9 Å². The minimum absolute atomic E-state index is 0.262.